The minimum Gasteiger partial charge on any atom is -0.206 e. The van der Waals surface area contributed by atoms with Crippen molar-refractivity contribution in [2.75, 3.05) is 0 Å². The lowest BCUT2D eigenvalue weighted by Gasteiger charge is -2.08. The second kappa shape index (κ2) is 5.33. The number of sulfonamides is 1. The van der Waals surface area contributed by atoms with E-state index in [9.17, 15) is 21.6 Å². The van der Waals surface area contributed by atoms with Crippen LogP contribution in [0.4, 0.5) is 13.2 Å². The van der Waals surface area contributed by atoms with Gasteiger partial charge in [0.15, 0.2) is 0 Å². The van der Waals surface area contributed by atoms with Crippen LogP contribution in [0.5, 0.6) is 0 Å². The highest BCUT2D eigenvalue weighted by atomic mass is 32.3. The van der Waals surface area contributed by atoms with Gasteiger partial charge in [0.25, 0.3) is 0 Å². The fourth-order valence-electron chi connectivity index (χ4n) is 1.07. The minimum atomic E-state index is -4.66. The number of hydrogen-bond donors (Lipinski definition) is 1. The average molecular weight is 297 g/mol. The number of halogens is 3. The van der Waals surface area contributed by atoms with E-state index >= 15 is 0 Å². The summed E-state index contributed by atoms with van der Waals surface area (Å²) in [4.78, 5) is -0.232. The molecule has 0 saturated heterocycles. The zero-order valence-corrected chi connectivity index (χ0v) is 10.9. The normalized spacial score (nSPS) is 12.4. The number of benzene rings is 1. The molecule has 1 rings (SSSR count). The van der Waals surface area contributed by atoms with E-state index in [2.05, 4.69) is 6.58 Å². The van der Waals surface area contributed by atoms with Crippen LogP contribution in [0.1, 0.15) is 12.5 Å². The molecule has 1 N–H and O–H groups in total. The van der Waals surface area contributed by atoms with E-state index in [1.165, 1.54) is 28.4 Å². The van der Waals surface area contributed by atoms with Crippen LogP contribution in [0, 0.1) is 0 Å². The van der Waals surface area contributed by atoms with Crippen molar-refractivity contribution in [3.63, 3.8) is 0 Å². The Kier molecular flexibility index (Phi) is 4.46. The molecule has 0 radical (unpaired) electrons. The topological polar surface area (TPSA) is 46.2 Å². The van der Waals surface area contributed by atoms with Gasteiger partial charge in [0.1, 0.15) is 0 Å². The number of alkyl halides is 3. The largest absolute Gasteiger partial charge is 0.457 e. The lowest BCUT2D eigenvalue weighted by Crippen LogP contribution is -2.21. The quantitative estimate of drug-likeness (QED) is 0.868. The van der Waals surface area contributed by atoms with Crippen molar-refractivity contribution in [3.8, 4) is 0 Å². The molecule has 8 heteroatoms. The van der Waals surface area contributed by atoms with E-state index in [0.29, 0.717) is 0 Å². The van der Waals surface area contributed by atoms with Gasteiger partial charge in [-0.25, -0.2) is 8.42 Å². The molecule has 0 aliphatic heterocycles. The first kappa shape index (κ1) is 15.1. The van der Waals surface area contributed by atoms with Crippen molar-refractivity contribution >= 4 is 27.5 Å². The molecule has 0 spiro atoms. The molecule has 0 aliphatic rings. The molecule has 0 amide bonds. The summed E-state index contributed by atoms with van der Waals surface area (Å²) in [5.41, 5.74) is -3.21. The van der Waals surface area contributed by atoms with E-state index in [1.54, 1.807) is 6.92 Å². The number of nitrogens with one attached hydrogen (secondary N) is 1. The maximum atomic E-state index is 11.9. The molecule has 0 saturated carbocycles. The maximum Gasteiger partial charge on any atom is 0.457 e. The summed E-state index contributed by atoms with van der Waals surface area (Å²) in [6, 6.07) is 5.41. The van der Waals surface area contributed by atoms with Gasteiger partial charge in [-0.05, 0) is 24.6 Å². The molecule has 0 aliphatic carbocycles. The maximum absolute atomic E-state index is 11.9. The van der Waals surface area contributed by atoms with Gasteiger partial charge in [0, 0.05) is 11.9 Å². The molecule has 0 atom stereocenters. The molecule has 3 nitrogen and oxygen atoms in total. The molecule has 0 heterocycles. The smallest absolute Gasteiger partial charge is 0.206 e. The highest BCUT2D eigenvalue weighted by molar-refractivity contribution is 8.09. The van der Waals surface area contributed by atoms with E-state index < -0.39 is 27.5 Å². The Hall–Kier alpha value is -0.990. The summed E-state index contributed by atoms with van der Waals surface area (Å²) in [5, 5.41) is 0. The van der Waals surface area contributed by atoms with E-state index in [1.807, 2.05) is 0 Å². The second-order valence-electron chi connectivity index (χ2n) is 3.44. The van der Waals surface area contributed by atoms with Crippen LogP contribution in [0.3, 0.4) is 0 Å². The molecule has 1 aromatic rings. The molecule has 1 aromatic carbocycles. The monoisotopic (exact) mass is 297 g/mol. The number of allylic oxidation sites excluding steroid dienone is 1. The van der Waals surface area contributed by atoms with Crippen LogP contribution < -0.4 is 4.13 Å². The lowest BCUT2D eigenvalue weighted by atomic mass is 10.1. The van der Waals surface area contributed by atoms with E-state index in [4.69, 9.17) is 0 Å². The summed E-state index contributed by atoms with van der Waals surface area (Å²) in [7, 11) is -4.17. The third kappa shape index (κ3) is 4.35. The summed E-state index contributed by atoms with van der Waals surface area (Å²) in [5.74, 6) is 0. The van der Waals surface area contributed by atoms with Crippen LogP contribution in [-0.4, -0.2) is 13.9 Å². The van der Waals surface area contributed by atoms with Crippen molar-refractivity contribution in [2.45, 2.75) is 17.3 Å². The molecule has 0 bridgehead atoms. The zero-order chi connectivity index (χ0) is 14.0. The van der Waals surface area contributed by atoms with Crippen molar-refractivity contribution in [1.29, 1.82) is 0 Å². The predicted molar refractivity (Wildman–Crippen MR) is 65.1 cm³/mol. The summed E-state index contributed by atoms with van der Waals surface area (Å²) in [6.45, 7) is 5.41. The van der Waals surface area contributed by atoms with Gasteiger partial charge in [0.2, 0.25) is 10.0 Å². The lowest BCUT2D eigenvalue weighted by molar-refractivity contribution is -0.0331. The van der Waals surface area contributed by atoms with Crippen molar-refractivity contribution < 1.29 is 21.6 Å². The molecule has 100 valence electrons. The third-order valence-corrected chi connectivity index (χ3v) is 4.26. The predicted octanol–water partition coefficient (Wildman–Crippen LogP) is 3.17. The highest BCUT2D eigenvalue weighted by Crippen LogP contribution is 2.29. The van der Waals surface area contributed by atoms with Gasteiger partial charge in [-0.15, -0.1) is 4.13 Å². The SMILES string of the molecule is C=C(C)c1ccc(S(=O)(=O)NSC(F)(F)F)cc1. The van der Waals surface area contributed by atoms with Gasteiger partial charge < -0.3 is 0 Å². The first-order chi connectivity index (χ1) is 8.12. The van der Waals surface area contributed by atoms with Crippen LogP contribution >= 0.6 is 11.9 Å². The van der Waals surface area contributed by atoms with Crippen LogP contribution in [0.2, 0.25) is 0 Å². The Balaban J connectivity index is 2.89. The van der Waals surface area contributed by atoms with Crippen molar-refractivity contribution in [3.05, 3.63) is 36.4 Å². The Morgan fingerprint density at radius 1 is 1.28 bits per heavy atom. The van der Waals surface area contributed by atoms with Crippen LogP contribution in [0.25, 0.3) is 5.57 Å². The van der Waals surface area contributed by atoms with Crippen molar-refractivity contribution in [1.82, 2.24) is 4.13 Å². The van der Waals surface area contributed by atoms with Crippen LogP contribution in [0.15, 0.2) is 35.7 Å². The summed E-state index contributed by atoms with van der Waals surface area (Å²) < 4.78 is 60.1. The Morgan fingerprint density at radius 3 is 2.17 bits per heavy atom. The van der Waals surface area contributed by atoms with Gasteiger partial charge in [-0.1, -0.05) is 24.3 Å². The minimum absolute atomic E-state index is 0.232. The number of rotatable bonds is 4. The van der Waals surface area contributed by atoms with Crippen molar-refractivity contribution in [2.24, 2.45) is 0 Å². The summed E-state index contributed by atoms with van der Waals surface area (Å²) >= 11 is -0.810. The second-order valence-corrected chi connectivity index (χ2v) is 6.25. The fourth-order valence-corrected chi connectivity index (χ4v) is 2.76. The van der Waals surface area contributed by atoms with E-state index in [-0.39, 0.29) is 4.90 Å². The molecule has 18 heavy (non-hydrogen) atoms. The van der Waals surface area contributed by atoms with E-state index in [0.717, 1.165) is 11.1 Å². The van der Waals surface area contributed by atoms with Gasteiger partial charge in [-0.2, -0.15) is 13.2 Å². The molecular formula is C10H10F3NO2S2. The fraction of sp³-hybridized carbons (Fsp3) is 0.200. The first-order valence-electron chi connectivity index (χ1n) is 4.64. The molecular weight excluding hydrogens is 287 g/mol. The number of hydrogen-bond acceptors (Lipinski definition) is 3. The van der Waals surface area contributed by atoms with Gasteiger partial charge >= 0.3 is 5.51 Å². The zero-order valence-electron chi connectivity index (χ0n) is 9.28. The Bertz CT molecular complexity index is 535. The molecule has 0 fully saturated rings. The van der Waals surface area contributed by atoms with Crippen LogP contribution in [-0.2, 0) is 10.0 Å². The Labute approximate surface area is 107 Å². The molecule has 0 aromatic heterocycles. The standard InChI is InChI=1S/C10H10F3NO2S2/c1-7(2)8-3-5-9(6-4-8)18(15,16)14-17-10(11,12)13/h3-6,14H,1H2,2H3. The van der Waals surface area contributed by atoms with Gasteiger partial charge in [0.05, 0.1) is 4.90 Å². The first-order valence-corrected chi connectivity index (χ1v) is 6.94. The third-order valence-electron chi connectivity index (χ3n) is 1.92. The Morgan fingerprint density at radius 2 is 1.78 bits per heavy atom. The average Bonchev–Trinajstić information content (AvgIpc) is 2.26. The molecule has 0 unspecified atom stereocenters. The summed E-state index contributed by atoms with van der Waals surface area (Å²) in [6.07, 6.45) is 0. The highest BCUT2D eigenvalue weighted by Gasteiger charge is 2.31. The van der Waals surface area contributed by atoms with Gasteiger partial charge in [-0.3, -0.25) is 0 Å².